The highest BCUT2D eigenvalue weighted by Gasteiger charge is 2.28. The molecule has 1 atom stereocenters. The van der Waals surface area contributed by atoms with Crippen molar-refractivity contribution in [3.05, 3.63) is 16.1 Å². The number of thiazole rings is 1. The number of nitrogens with two attached hydrogens (primary N) is 1. The number of hydrogen-bond donors (Lipinski definition) is 2. The smallest absolute Gasteiger partial charge is 0.0957 e. The zero-order valence-corrected chi connectivity index (χ0v) is 10.7. The van der Waals surface area contributed by atoms with E-state index in [2.05, 4.69) is 4.98 Å². The van der Waals surface area contributed by atoms with Gasteiger partial charge in [-0.2, -0.15) is 0 Å². The lowest BCUT2D eigenvalue weighted by Gasteiger charge is -2.26. The summed E-state index contributed by atoms with van der Waals surface area (Å²) in [4.78, 5) is 4.36. The van der Waals surface area contributed by atoms with Crippen LogP contribution in [0.1, 0.15) is 23.5 Å². The van der Waals surface area contributed by atoms with E-state index in [0.29, 0.717) is 26.0 Å². The van der Waals surface area contributed by atoms with Crippen LogP contribution >= 0.6 is 11.3 Å². The van der Waals surface area contributed by atoms with E-state index in [9.17, 15) is 5.11 Å². The molecule has 1 heterocycles. The Hall–Kier alpha value is -0.490. The summed E-state index contributed by atoms with van der Waals surface area (Å²) in [5, 5.41) is 13.3. The van der Waals surface area contributed by atoms with Crippen LogP contribution in [0.2, 0.25) is 0 Å². The van der Waals surface area contributed by atoms with E-state index in [1.807, 2.05) is 12.3 Å². The minimum atomic E-state index is -0.835. The summed E-state index contributed by atoms with van der Waals surface area (Å²) in [5.41, 5.74) is 5.63. The monoisotopic (exact) mass is 244 g/mol. The van der Waals surface area contributed by atoms with Crippen molar-refractivity contribution in [3.8, 4) is 0 Å². The molecular formula is C11H20N2O2S. The fourth-order valence-corrected chi connectivity index (χ4v) is 2.58. The third-order valence-electron chi connectivity index (χ3n) is 2.41. The maximum Gasteiger partial charge on any atom is 0.0957 e. The first kappa shape index (κ1) is 13.6. The molecule has 1 rings (SSSR count). The van der Waals surface area contributed by atoms with Gasteiger partial charge in [-0.15, -0.1) is 11.3 Å². The van der Waals surface area contributed by atoms with E-state index >= 15 is 0 Å². The highest BCUT2D eigenvalue weighted by Crippen LogP contribution is 2.21. The van der Waals surface area contributed by atoms with Crippen LogP contribution in [-0.2, 0) is 11.2 Å². The molecule has 0 fully saturated rings. The van der Waals surface area contributed by atoms with Crippen molar-refractivity contribution in [1.82, 2.24) is 4.98 Å². The molecule has 0 aliphatic carbocycles. The second kappa shape index (κ2) is 6.30. The lowest BCUT2D eigenvalue weighted by molar-refractivity contribution is -0.0375. The van der Waals surface area contributed by atoms with Crippen LogP contribution in [0.15, 0.2) is 5.38 Å². The van der Waals surface area contributed by atoms with Gasteiger partial charge in [0.15, 0.2) is 0 Å². The molecule has 0 saturated carbocycles. The normalized spacial score (nSPS) is 15.0. The Balaban J connectivity index is 2.62. The van der Waals surface area contributed by atoms with E-state index < -0.39 is 5.60 Å². The van der Waals surface area contributed by atoms with Gasteiger partial charge in [0, 0.05) is 24.6 Å². The van der Waals surface area contributed by atoms with Crippen molar-refractivity contribution in [2.75, 3.05) is 20.3 Å². The van der Waals surface area contributed by atoms with Gasteiger partial charge in [0.1, 0.15) is 0 Å². The third-order valence-corrected chi connectivity index (χ3v) is 3.37. The van der Waals surface area contributed by atoms with E-state index in [1.54, 1.807) is 18.4 Å². The summed E-state index contributed by atoms with van der Waals surface area (Å²) in [6.07, 6.45) is 1.99. The van der Waals surface area contributed by atoms with Gasteiger partial charge < -0.3 is 15.6 Å². The zero-order valence-electron chi connectivity index (χ0n) is 9.90. The Morgan fingerprint density at radius 1 is 1.62 bits per heavy atom. The predicted molar refractivity (Wildman–Crippen MR) is 65.7 cm³/mol. The molecule has 0 aliphatic heterocycles. The first-order valence-corrected chi connectivity index (χ1v) is 6.30. The molecule has 0 radical (unpaired) electrons. The van der Waals surface area contributed by atoms with Gasteiger partial charge in [0.25, 0.3) is 0 Å². The number of aliphatic hydroxyl groups is 1. The maximum absolute atomic E-state index is 10.4. The van der Waals surface area contributed by atoms with Gasteiger partial charge in [-0.3, -0.25) is 0 Å². The summed E-state index contributed by atoms with van der Waals surface area (Å²) < 4.78 is 5.07. The van der Waals surface area contributed by atoms with E-state index in [4.69, 9.17) is 10.5 Å². The molecule has 0 saturated heterocycles. The number of methoxy groups -OCH3 is 1. The van der Waals surface area contributed by atoms with Crippen LogP contribution in [0.25, 0.3) is 0 Å². The van der Waals surface area contributed by atoms with Gasteiger partial charge in [0.2, 0.25) is 0 Å². The highest BCUT2D eigenvalue weighted by atomic mass is 32.1. The summed E-state index contributed by atoms with van der Waals surface area (Å²) in [6, 6.07) is 0. The van der Waals surface area contributed by atoms with Crippen LogP contribution in [0.3, 0.4) is 0 Å². The van der Waals surface area contributed by atoms with E-state index in [-0.39, 0.29) is 0 Å². The van der Waals surface area contributed by atoms with Crippen molar-refractivity contribution in [2.24, 2.45) is 5.73 Å². The SMILES string of the molecule is COCC(O)(CCCN)Cc1nc(C)cs1. The molecule has 0 bridgehead atoms. The number of nitrogens with zero attached hydrogens (tertiary/aromatic N) is 1. The van der Waals surface area contributed by atoms with Crippen molar-refractivity contribution in [2.45, 2.75) is 31.8 Å². The van der Waals surface area contributed by atoms with Crippen LogP contribution < -0.4 is 5.73 Å². The first-order valence-electron chi connectivity index (χ1n) is 5.42. The van der Waals surface area contributed by atoms with Gasteiger partial charge in [-0.25, -0.2) is 4.98 Å². The van der Waals surface area contributed by atoms with Gasteiger partial charge in [0.05, 0.1) is 17.2 Å². The molecule has 5 heteroatoms. The fourth-order valence-electron chi connectivity index (χ4n) is 1.68. The standard InChI is InChI=1S/C11H20N2O2S/c1-9-7-16-10(13-9)6-11(14,8-15-2)4-3-5-12/h7,14H,3-6,8,12H2,1-2H3. The molecule has 4 nitrogen and oxygen atoms in total. The number of hydrogen-bond acceptors (Lipinski definition) is 5. The molecule has 3 N–H and O–H groups in total. The summed E-state index contributed by atoms with van der Waals surface area (Å²) in [5.74, 6) is 0. The Morgan fingerprint density at radius 3 is 2.88 bits per heavy atom. The van der Waals surface area contributed by atoms with Gasteiger partial charge in [-0.05, 0) is 26.3 Å². The van der Waals surface area contributed by atoms with Crippen molar-refractivity contribution in [1.29, 1.82) is 0 Å². The topological polar surface area (TPSA) is 68.4 Å². The summed E-state index contributed by atoms with van der Waals surface area (Å²) in [6.45, 7) is 2.86. The number of ether oxygens (including phenoxy) is 1. The molecule has 1 aromatic heterocycles. The molecule has 1 unspecified atom stereocenters. The second-order valence-electron chi connectivity index (χ2n) is 4.11. The Morgan fingerprint density at radius 2 is 2.38 bits per heavy atom. The molecular weight excluding hydrogens is 224 g/mol. The highest BCUT2D eigenvalue weighted by molar-refractivity contribution is 7.09. The largest absolute Gasteiger partial charge is 0.387 e. The molecule has 0 aliphatic rings. The molecule has 92 valence electrons. The molecule has 0 amide bonds. The lowest BCUT2D eigenvalue weighted by atomic mass is 9.95. The molecule has 0 spiro atoms. The summed E-state index contributed by atoms with van der Waals surface area (Å²) >= 11 is 1.58. The Bertz CT molecular complexity index is 317. The van der Waals surface area contributed by atoms with Crippen LogP contribution in [0, 0.1) is 6.92 Å². The number of rotatable bonds is 7. The van der Waals surface area contributed by atoms with Crippen molar-refractivity contribution < 1.29 is 9.84 Å². The van der Waals surface area contributed by atoms with E-state index in [1.165, 1.54) is 0 Å². The van der Waals surface area contributed by atoms with Crippen molar-refractivity contribution in [3.63, 3.8) is 0 Å². The average molecular weight is 244 g/mol. The quantitative estimate of drug-likeness (QED) is 0.754. The summed E-state index contributed by atoms with van der Waals surface area (Å²) in [7, 11) is 1.60. The number of aromatic nitrogens is 1. The molecule has 1 aromatic rings. The van der Waals surface area contributed by atoms with E-state index in [0.717, 1.165) is 17.1 Å². The zero-order chi connectivity index (χ0) is 12.0. The molecule has 0 aromatic carbocycles. The Kier molecular flexibility index (Phi) is 5.34. The second-order valence-corrected chi connectivity index (χ2v) is 5.05. The average Bonchev–Trinajstić information content (AvgIpc) is 2.61. The molecule has 16 heavy (non-hydrogen) atoms. The third kappa shape index (κ3) is 4.17. The van der Waals surface area contributed by atoms with Crippen LogP contribution in [-0.4, -0.2) is 36.0 Å². The fraction of sp³-hybridized carbons (Fsp3) is 0.727. The minimum Gasteiger partial charge on any atom is -0.387 e. The Labute approximate surface area is 100 Å². The lowest BCUT2D eigenvalue weighted by Crippen LogP contribution is -2.37. The van der Waals surface area contributed by atoms with Crippen molar-refractivity contribution >= 4 is 11.3 Å². The maximum atomic E-state index is 10.4. The van der Waals surface area contributed by atoms with Crippen LogP contribution in [0.4, 0.5) is 0 Å². The van der Waals surface area contributed by atoms with Gasteiger partial charge in [-0.1, -0.05) is 0 Å². The van der Waals surface area contributed by atoms with Crippen LogP contribution in [0.5, 0.6) is 0 Å². The predicted octanol–water partition coefficient (Wildman–Crippen LogP) is 1.11. The number of aryl methyl sites for hydroxylation is 1. The first-order chi connectivity index (χ1) is 7.59. The van der Waals surface area contributed by atoms with Gasteiger partial charge >= 0.3 is 0 Å². The minimum absolute atomic E-state index is 0.325.